The van der Waals surface area contributed by atoms with Gasteiger partial charge in [-0.3, -0.25) is 4.79 Å². The molecule has 1 aromatic carbocycles. The maximum atomic E-state index is 13.1. The van der Waals surface area contributed by atoms with Gasteiger partial charge in [0.05, 0.1) is 22.7 Å². The second-order valence-electron chi connectivity index (χ2n) is 4.87. The molecule has 0 radical (unpaired) electrons. The molecule has 2 heterocycles. The third kappa shape index (κ3) is 3.34. The predicted octanol–water partition coefficient (Wildman–Crippen LogP) is 3.11. The first-order valence-electron chi connectivity index (χ1n) is 6.53. The van der Waals surface area contributed by atoms with Gasteiger partial charge in [-0.05, 0) is 31.5 Å². The highest BCUT2D eigenvalue weighted by Gasteiger charge is 2.21. The Morgan fingerprint density at radius 3 is 3.05 bits per heavy atom. The Bertz CT molecular complexity index is 610. The number of halogens is 2. The molecule has 0 amide bonds. The number of thiazole rings is 1. The minimum atomic E-state index is -0.287. The molecule has 1 fully saturated rings. The molecule has 0 aliphatic carbocycles. The van der Waals surface area contributed by atoms with Crippen LogP contribution in [0.3, 0.4) is 0 Å². The van der Waals surface area contributed by atoms with Crippen molar-refractivity contribution in [3.8, 4) is 0 Å². The van der Waals surface area contributed by atoms with Crippen molar-refractivity contribution in [1.82, 2.24) is 10.3 Å². The van der Waals surface area contributed by atoms with Gasteiger partial charge in [-0.2, -0.15) is 0 Å². The van der Waals surface area contributed by atoms with Crippen LogP contribution >= 0.6 is 23.7 Å². The van der Waals surface area contributed by atoms with Crippen LogP contribution in [0.25, 0.3) is 10.2 Å². The number of benzene rings is 1. The number of carbonyl (C=O) groups is 1. The lowest BCUT2D eigenvalue weighted by Crippen LogP contribution is -2.41. The molecule has 0 bridgehead atoms. The molecule has 0 saturated carbocycles. The van der Waals surface area contributed by atoms with Crippen LogP contribution in [0.5, 0.6) is 0 Å². The van der Waals surface area contributed by atoms with Crippen molar-refractivity contribution < 1.29 is 9.18 Å². The molecular formula is C14H16ClFN2OS. The van der Waals surface area contributed by atoms with Crippen LogP contribution < -0.4 is 5.32 Å². The van der Waals surface area contributed by atoms with Gasteiger partial charge in [0.1, 0.15) is 10.8 Å². The van der Waals surface area contributed by atoms with Gasteiger partial charge in [0.25, 0.3) is 0 Å². The van der Waals surface area contributed by atoms with Crippen molar-refractivity contribution in [3.05, 3.63) is 29.0 Å². The van der Waals surface area contributed by atoms with E-state index in [1.54, 1.807) is 6.07 Å². The summed E-state index contributed by atoms with van der Waals surface area (Å²) in [6, 6.07) is 4.53. The van der Waals surface area contributed by atoms with Crippen molar-refractivity contribution >= 4 is 39.7 Å². The van der Waals surface area contributed by atoms with Crippen LogP contribution in [-0.2, 0) is 11.2 Å². The van der Waals surface area contributed by atoms with Gasteiger partial charge in [-0.25, -0.2) is 9.37 Å². The van der Waals surface area contributed by atoms with Crippen molar-refractivity contribution in [2.75, 3.05) is 6.54 Å². The minimum Gasteiger partial charge on any atom is -0.307 e. The molecular weight excluding hydrogens is 299 g/mol. The number of hydrogen-bond donors (Lipinski definition) is 1. The van der Waals surface area contributed by atoms with E-state index in [4.69, 9.17) is 0 Å². The molecule has 0 spiro atoms. The lowest BCUT2D eigenvalue weighted by molar-refractivity contribution is -0.120. The maximum Gasteiger partial charge on any atom is 0.156 e. The van der Waals surface area contributed by atoms with Gasteiger partial charge in [0, 0.05) is 6.07 Å². The Hall–Kier alpha value is -1.04. The summed E-state index contributed by atoms with van der Waals surface area (Å²) in [7, 11) is 0. The number of ketones is 1. The number of hydrogen-bond acceptors (Lipinski definition) is 4. The Labute approximate surface area is 127 Å². The maximum absolute atomic E-state index is 13.1. The van der Waals surface area contributed by atoms with Gasteiger partial charge in [0.2, 0.25) is 0 Å². The number of piperidine rings is 1. The summed E-state index contributed by atoms with van der Waals surface area (Å²) in [6.07, 6.45) is 3.51. The monoisotopic (exact) mass is 314 g/mol. The smallest absolute Gasteiger partial charge is 0.156 e. The Kier molecular flexibility index (Phi) is 5.07. The van der Waals surface area contributed by atoms with Crippen LogP contribution in [-0.4, -0.2) is 23.4 Å². The molecule has 0 unspecified atom stereocenters. The zero-order valence-corrected chi connectivity index (χ0v) is 12.5. The normalized spacial score (nSPS) is 18.8. The number of carbonyl (C=O) groups excluding carboxylic acids is 1. The van der Waals surface area contributed by atoms with Gasteiger partial charge in [-0.1, -0.05) is 6.42 Å². The first kappa shape index (κ1) is 15.4. The van der Waals surface area contributed by atoms with Crippen LogP contribution in [0, 0.1) is 5.82 Å². The van der Waals surface area contributed by atoms with E-state index in [1.165, 1.54) is 23.5 Å². The molecule has 1 aliphatic heterocycles. The number of rotatable bonds is 3. The van der Waals surface area contributed by atoms with Crippen LogP contribution in [0.15, 0.2) is 18.2 Å². The third-order valence-electron chi connectivity index (χ3n) is 3.42. The lowest BCUT2D eigenvalue weighted by Gasteiger charge is -2.21. The fraction of sp³-hybridized carbons (Fsp3) is 0.429. The summed E-state index contributed by atoms with van der Waals surface area (Å²) in [5.74, 6) is -0.0937. The third-order valence-corrected chi connectivity index (χ3v) is 4.45. The average Bonchev–Trinajstić information content (AvgIpc) is 2.81. The summed E-state index contributed by atoms with van der Waals surface area (Å²) in [6.45, 7) is 0.918. The summed E-state index contributed by atoms with van der Waals surface area (Å²) in [4.78, 5) is 16.5. The van der Waals surface area contributed by atoms with Gasteiger partial charge >= 0.3 is 0 Å². The zero-order chi connectivity index (χ0) is 13.2. The predicted molar refractivity (Wildman–Crippen MR) is 81.2 cm³/mol. The number of nitrogens with one attached hydrogen (secondary N) is 1. The summed E-state index contributed by atoms with van der Waals surface area (Å²) in [5.41, 5.74) is 0.643. The van der Waals surface area contributed by atoms with E-state index in [2.05, 4.69) is 10.3 Å². The Morgan fingerprint density at radius 1 is 1.45 bits per heavy atom. The second-order valence-corrected chi connectivity index (χ2v) is 5.98. The van der Waals surface area contributed by atoms with Crippen LogP contribution in [0.1, 0.15) is 24.3 Å². The van der Waals surface area contributed by atoms with Crippen molar-refractivity contribution in [2.45, 2.75) is 31.7 Å². The number of fused-ring (bicyclic) bond motifs is 1. The fourth-order valence-corrected chi connectivity index (χ4v) is 3.38. The number of aromatic nitrogens is 1. The fourth-order valence-electron chi connectivity index (χ4n) is 2.42. The topological polar surface area (TPSA) is 42.0 Å². The van der Waals surface area contributed by atoms with Crippen LogP contribution in [0.2, 0.25) is 0 Å². The zero-order valence-electron chi connectivity index (χ0n) is 10.9. The SMILES string of the molecule is Cl.O=C(Cc1nc2cc(F)ccc2s1)[C@@H]1CCCCN1. The van der Waals surface area contributed by atoms with Gasteiger partial charge in [0.15, 0.2) is 5.78 Å². The van der Waals surface area contributed by atoms with E-state index >= 15 is 0 Å². The highest BCUT2D eigenvalue weighted by molar-refractivity contribution is 7.18. The highest BCUT2D eigenvalue weighted by atomic mass is 35.5. The number of Topliss-reactive ketones (excluding diaryl/α,β-unsaturated/α-hetero) is 1. The van der Waals surface area contributed by atoms with E-state index < -0.39 is 0 Å². The first-order chi connectivity index (χ1) is 9.22. The summed E-state index contributed by atoms with van der Waals surface area (Å²) < 4.78 is 14.0. The highest BCUT2D eigenvalue weighted by Crippen LogP contribution is 2.23. The molecule has 3 rings (SSSR count). The van der Waals surface area contributed by atoms with Crippen molar-refractivity contribution in [1.29, 1.82) is 0 Å². The largest absolute Gasteiger partial charge is 0.307 e. The van der Waals surface area contributed by atoms with Crippen molar-refractivity contribution in [2.24, 2.45) is 0 Å². The quantitative estimate of drug-likeness (QED) is 0.946. The minimum absolute atomic E-state index is 0. The second kappa shape index (κ2) is 6.61. The molecule has 6 heteroatoms. The van der Waals surface area contributed by atoms with E-state index in [-0.39, 0.29) is 30.0 Å². The summed E-state index contributed by atoms with van der Waals surface area (Å²) >= 11 is 1.47. The van der Waals surface area contributed by atoms with Gasteiger partial charge in [-0.15, -0.1) is 23.7 Å². The number of nitrogens with zero attached hydrogens (tertiary/aromatic N) is 1. The molecule has 1 N–H and O–H groups in total. The van der Waals surface area contributed by atoms with E-state index in [0.29, 0.717) is 11.9 Å². The molecule has 1 atom stereocenters. The molecule has 108 valence electrons. The Balaban J connectivity index is 0.00000147. The van der Waals surface area contributed by atoms with E-state index in [9.17, 15) is 9.18 Å². The summed E-state index contributed by atoms with van der Waals surface area (Å²) in [5, 5.41) is 4.03. The standard InChI is InChI=1S/C14H15FN2OS.ClH/c15-9-4-5-13-11(7-9)17-14(19-13)8-12(18)10-3-1-2-6-16-10;/h4-5,7,10,16H,1-3,6,8H2;1H/t10-;/m0./s1. The molecule has 20 heavy (non-hydrogen) atoms. The van der Waals surface area contributed by atoms with E-state index in [0.717, 1.165) is 35.5 Å². The van der Waals surface area contributed by atoms with Gasteiger partial charge < -0.3 is 5.32 Å². The van der Waals surface area contributed by atoms with E-state index in [1.807, 2.05) is 0 Å². The average molecular weight is 315 g/mol. The first-order valence-corrected chi connectivity index (χ1v) is 7.35. The molecule has 2 aromatic rings. The van der Waals surface area contributed by atoms with Crippen molar-refractivity contribution in [3.63, 3.8) is 0 Å². The molecule has 3 nitrogen and oxygen atoms in total. The van der Waals surface area contributed by atoms with Crippen LogP contribution in [0.4, 0.5) is 4.39 Å². The molecule has 1 aromatic heterocycles. The molecule has 1 aliphatic rings. The Morgan fingerprint density at radius 2 is 2.30 bits per heavy atom. The lowest BCUT2D eigenvalue weighted by atomic mass is 10.00. The molecule has 1 saturated heterocycles.